The molecule has 0 fully saturated rings. The van der Waals surface area contributed by atoms with E-state index in [9.17, 15) is 4.79 Å². The van der Waals surface area contributed by atoms with Crippen molar-refractivity contribution in [2.75, 3.05) is 0 Å². The summed E-state index contributed by atoms with van der Waals surface area (Å²) >= 11 is 5.63. The minimum atomic E-state index is -0.447. The van der Waals surface area contributed by atoms with E-state index < -0.39 is 5.60 Å². The lowest BCUT2D eigenvalue weighted by Crippen LogP contribution is -2.24. The summed E-state index contributed by atoms with van der Waals surface area (Å²) in [6.45, 7) is 5.51. The Morgan fingerprint density at radius 1 is 1.47 bits per heavy atom. The molecule has 0 aliphatic carbocycles. The summed E-state index contributed by atoms with van der Waals surface area (Å²) in [5, 5.41) is 0.419. The van der Waals surface area contributed by atoms with Gasteiger partial charge in [0.1, 0.15) is 10.8 Å². The van der Waals surface area contributed by atoms with Crippen LogP contribution in [0.2, 0.25) is 5.15 Å². The number of halogens is 1. The number of hydrogen-bond acceptors (Lipinski definition) is 3. The standard InChI is InChI=1S/C11H14ClNO2/c1-11(2,3)15-10(14)6-8-4-5-9(12)13-7-8/h4-5,7H,6H2,1-3H3. The van der Waals surface area contributed by atoms with E-state index in [0.29, 0.717) is 5.15 Å². The minimum absolute atomic E-state index is 0.224. The number of hydrogen-bond donors (Lipinski definition) is 0. The van der Waals surface area contributed by atoms with Crippen molar-refractivity contribution in [1.29, 1.82) is 0 Å². The van der Waals surface area contributed by atoms with Gasteiger partial charge in [-0.05, 0) is 32.4 Å². The number of carbonyl (C=O) groups excluding carboxylic acids is 1. The molecule has 0 saturated heterocycles. The molecule has 0 unspecified atom stereocenters. The first-order chi connectivity index (χ1) is 6.87. The highest BCUT2D eigenvalue weighted by Crippen LogP contribution is 2.10. The van der Waals surface area contributed by atoms with E-state index in [1.807, 2.05) is 20.8 Å². The molecule has 1 aromatic heterocycles. The Morgan fingerprint density at radius 2 is 2.13 bits per heavy atom. The molecule has 0 spiro atoms. The summed E-state index contributed by atoms with van der Waals surface area (Å²) in [6.07, 6.45) is 1.80. The number of nitrogens with zero attached hydrogens (tertiary/aromatic N) is 1. The summed E-state index contributed by atoms with van der Waals surface area (Å²) in [5.41, 5.74) is 0.352. The van der Waals surface area contributed by atoms with Gasteiger partial charge in [-0.25, -0.2) is 4.98 Å². The largest absolute Gasteiger partial charge is 0.460 e. The molecule has 3 nitrogen and oxygen atoms in total. The van der Waals surface area contributed by atoms with Crippen LogP contribution in [0.25, 0.3) is 0 Å². The number of pyridine rings is 1. The molecule has 0 aliphatic heterocycles. The molecule has 82 valence electrons. The average molecular weight is 228 g/mol. The Kier molecular flexibility index (Phi) is 3.69. The maximum Gasteiger partial charge on any atom is 0.310 e. The van der Waals surface area contributed by atoms with E-state index in [1.54, 1.807) is 18.3 Å². The average Bonchev–Trinajstić information content (AvgIpc) is 2.05. The van der Waals surface area contributed by atoms with Gasteiger partial charge in [0.25, 0.3) is 0 Å². The molecule has 0 aliphatic rings. The van der Waals surface area contributed by atoms with Crippen LogP contribution in [-0.2, 0) is 16.0 Å². The van der Waals surface area contributed by atoms with Crippen LogP contribution in [0.15, 0.2) is 18.3 Å². The van der Waals surface area contributed by atoms with E-state index in [2.05, 4.69) is 4.98 Å². The third kappa shape index (κ3) is 4.79. The molecule has 0 bridgehead atoms. The monoisotopic (exact) mass is 227 g/mol. The van der Waals surface area contributed by atoms with Gasteiger partial charge in [0, 0.05) is 6.20 Å². The molecule has 0 N–H and O–H groups in total. The second-order valence-corrected chi connectivity index (χ2v) is 4.64. The zero-order chi connectivity index (χ0) is 11.5. The lowest BCUT2D eigenvalue weighted by Gasteiger charge is -2.19. The quantitative estimate of drug-likeness (QED) is 0.576. The van der Waals surface area contributed by atoms with Crippen molar-refractivity contribution in [3.63, 3.8) is 0 Å². The van der Waals surface area contributed by atoms with Crippen LogP contribution in [-0.4, -0.2) is 16.6 Å². The van der Waals surface area contributed by atoms with Gasteiger partial charge < -0.3 is 4.74 Å². The van der Waals surface area contributed by atoms with Gasteiger partial charge in [0.05, 0.1) is 6.42 Å². The van der Waals surface area contributed by atoms with Gasteiger partial charge in [-0.2, -0.15) is 0 Å². The number of aromatic nitrogens is 1. The van der Waals surface area contributed by atoms with E-state index in [1.165, 1.54) is 0 Å². The van der Waals surface area contributed by atoms with Crippen LogP contribution in [0.4, 0.5) is 0 Å². The highest BCUT2D eigenvalue weighted by Gasteiger charge is 2.16. The predicted molar refractivity (Wildman–Crippen MR) is 58.8 cm³/mol. The first-order valence-corrected chi connectivity index (χ1v) is 5.07. The van der Waals surface area contributed by atoms with Crippen LogP contribution in [0.5, 0.6) is 0 Å². The van der Waals surface area contributed by atoms with Crippen molar-refractivity contribution >= 4 is 17.6 Å². The SMILES string of the molecule is CC(C)(C)OC(=O)Cc1ccc(Cl)nc1. The van der Waals surface area contributed by atoms with Crippen molar-refractivity contribution < 1.29 is 9.53 Å². The smallest absolute Gasteiger partial charge is 0.310 e. The lowest BCUT2D eigenvalue weighted by molar-refractivity contribution is -0.153. The second-order valence-electron chi connectivity index (χ2n) is 4.25. The van der Waals surface area contributed by atoms with E-state index >= 15 is 0 Å². The summed E-state index contributed by atoms with van der Waals surface area (Å²) in [7, 11) is 0. The fourth-order valence-electron chi connectivity index (χ4n) is 1.06. The maximum absolute atomic E-state index is 11.4. The molecule has 0 amide bonds. The van der Waals surface area contributed by atoms with Crippen LogP contribution in [0.1, 0.15) is 26.3 Å². The van der Waals surface area contributed by atoms with Gasteiger partial charge in [0.15, 0.2) is 0 Å². The normalized spacial score (nSPS) is 11.2. The maximum atomic E-state index is 11.4. The zero-order valence-electron chi connectivity index (χ0n) is 9.08. The molecular weight excluding hydrogens is 214 g/mol. The lowest BCUT2D eigenvalue weighted by atomic mass is 10.2. The van der Waals surface area contributed by atoms with E-state index in [0.717, 1.165) is 5.56 Å². The van der Waals surface area contributed by atoms with Crippen molar-refractivity contribution in [2.45, 2.75) is 32.8 Å². The van der Waals surface area contributed by atoms with E-state index in [4.69, 9.17) is 16.3 Å². The van der Waals surface area contributed by atoms with Gasteiger partial charge in [0.2, 0.25) is 0 Å². The summed E-state index contributed by atoms with van der Waals surface area (Å²) < 4.78 is 5.17. The molecule has 15 heavy (non-hydrogen) atoms. The highest BCUT2D eigenvalue weighted by atomic mass is 35.5. The summed E-state index contributed by atoms with van der Waals surface area (Å²) in [5.74, 6) is -0.258. The van der Waals surface area contributed by atoms with Gasteiger partial charge in [-0.3, -0.25) is 4.79 Å². The molecular formula is C11H14ClNO2. The molecule has 1 rings (SSSR count). The Morgan fingerprint density at radius 3 is 2.60 bits per heavy atom. The van der Waals surface area contributed by atoms with Crippen molar-refractivity contribution in [2.24, 2.45) is 0 Å². The first kappa shape index (κ1) is 12.0. The van der Waals surface area contributed by atoms with E-state index in [-0.39, 0.29) is 12.4 Å². The zero-order valence-corrected chi connectivity index (χ0v) is 9.84. The van der Waals surface area contributed by atoms with Crippen LogP contribution in [0, 0.1) is 0 Å². The fraction of sp³-hybridized carbons (Fsp3) is 0.455. The minimum Gasteiger partial charge on any atom is -0.460 e. The van der Waals surface area contributed by atoms with Crippen LogP contribution >= 0.6 is 11.6 Å². The van der Waals surface area contributed by atoms with Crippen LogP contribution < -0.4 is 0 Å². The second kappa shape index (κ2) is 4.62. The third-order valence-electron chi connectivity index (χ3n) is 1.56. The number of rotatable bonds is 2. The molecule has 4 heteroatoms. The topological polar surface area (TPSA) is 39.2 Å². The van der Waals surface area contributed by atoms with Gasteiger partial charge in [-0.1, -0.05) is 17.7 Å². The number of ether oxygens (including phenoxy) is 1. The Labute approximate surface area is 94.4 Å². The Balaban J connectivity index is 2.55. The molecule has 0 aromatic carbocycles. The summed E-state index contributed by atoms with van der Waals surface area (Å²) in [6, 6.07) is 3.42. The predicted octanol–water partition coefficient (Wildman–Crippen LogP) is 2.62. The van der Waals surface area contributed by atoms with Crippen molar-refractivity contribution in [1.82, 2.24) is 4.98 Å². The Bertz CT molecular complexity index is 341. The van der Waals surface area contributed by atoms with Gasteiger partial charge in [-0.15, -0.1) is 0 Å². The number of esters is 1. The Hall–Kier alpha value is -1.09. The molecule has 0 atom stereocenters. The molecule has 1 heterocycles. The number of carbonyl (C=O) groups is 1. The third-order valence-corrected chi connectivity index (χ3v) is 1.78. The van der Waals surface area contributed by atoms with Crippen molar-refractivity contribution in [3.8, 4) is 0 Å². The van der Waals surface area contributed by atoms with Gasteiger partial charge >= 0.3 is 5.97 Å². The molecule has 1 aromatic rings. The molecule has 0 saturated carbocycles. The first-order valence-electron chi connectivity index (χ1n) is 4.69. The van der Waals surface area contributed by atoms with Crippen molar-refractivity contribution in [3.05, 3.63) is 29.0 Å². The van der Waals surface area contributed by atoms with Crippen LogP contribution in [0.3, 0.4) is 0 Å². The highest BCUT2D eigenvalue weighted by molar-refractivity contribution is 6.29. The summed E-state index contributed by atoms with van der Waals surface area (Å²) in [4.78, 5) is 15.3. The fourth-order valence-corrected chi connectivity index (χ4v) is 1.17. The molecule has 0 radical (unpaired) electrons.